The number of rotatable bonds is 8. The van der Waals surface area contributed by atoms with E-state index in [0.29, 0.717) is 32.5 Å². The number of ketones is 1. The number of ether oxygens (including phenoxy) is 3. The Morgan fingerprint density at radius 1 is 1.03 bits per heavy atom. The molecule has 0 aliphatic rings. The van der Waals surface area contributed by atoms with Gasteiger partial charge in [0.05, 0.1) is 41.5 Å². The molecule has 2 aromatic carbocycles. The van der Waals surface area contributed by atoms with E-state index in [-0.39, 0.29) is 35.9 Å². The molecular weight excluding hydrogens is 439 g/mol. The number of aromatic nitrogens is 1. The number of carbonyl (C=O) groups excluding carboxylic acids is 1. The van der Waals surface area contributed by atoms with Gasteiger partial charge in [-0.2, -0.15) is 5.26 Å². The first-order valence-electron chi connectivity index (χ1n) is 9.17. The number of pyridine rings is 1. The fraction of sp³-hybridized carbons (Fsp3) is 0.174. The molecule has 0 atom stereocenters. The summed E-state index contributed by atoms with van der Waals surface area (Å²) in [5.41, 5.74) is 1.90. The minimum Gasteiger partial charge on any atom is -0.493 e. The summed E-state index contributed by atoms with van der Waals surface area (Å²) in [7, 11) is 2.95. The van der Waals surface area contributed by atoms with Gasteiger partial charge in [0.15, 0.2) is 17.3 Å². The zero-order valence-corrected chi connectivity index (χ0v) is 18.3. The van der Waals surface area contributed by atoms with Crippen LogP contribution >= 0.6 is 23.2 Å². The molecule has 31 heavy (non-hydrogen) atoms. The smallest absolute Gasteiger partial charge is 0.204 e. The number of halogens is 2. The third kappa shape index (κ3) is 4.91. The molecule has 0 saturated heterocycles. The van der Waals surface area contributed by atoms with Crippen LogP contribution < -0.4 is 14.2 Å². The van der Waals surface area contributed by atoms with Gasteiger partial charge in [-0.15, -0.1) is 0 Å². The van der Waals surface area contributed by atoms with Gasteiger partial charge in [0.1, 0.15) is 6.61 Å². The van der Waals surface area contributed by atoms with Gasteiger partial charge >= 0.3 is 0 Å². The summed E-state index contributed by atoms with van der Waals surface area (Å²) in [5, 5.41) is 9.92. The first-order chi connectivity index (χ1) is 15.0. The van der Waals surface area contributed by atoms with Crippen molar-refractivity contribution in [2.45, 2.75) is 13.0 Å². The Labute approximate surface area is 189 Å². The summed E-state index contributed by atoms with van der Waals surface area (Å²) in [6.45, 7) is 0.0598. The molecule has 0 N–H and O–H groups in total. The summed E-state index contributed by atoms with van der Waals surface area (Å²) in [4.78, 5) is 17.1. The Morgan fingerprint density at radius 2 is 1.74 bits per heavy atom. The molecule has 8 heteroatoms. The Hall–Kier alpha value is -3.27. The Bertz CT molecular complexity index is 1140. The monoisotopic (exact) mass is 456 g/mol. The molecule has 0 radical (unpaired) electrons. The van der Waals surface area contributed by atoms with E-state index in [4.69, 9.17) is 37.4 Å². The Morgan fingerprint density at radius 3 is 2.39 bits per heavy atom. The van der Waals surface area contributed by atoms with Crippen LogP contribution in [-0.4, -0.2) is 25.0 Å². The lowest BCUT2D eigenvalue weighted by Crippen LogP contribution is -2.10. The zero-order valence-electron chi connectivity index (χ0n) is 16.8. The van der Waals surface area contributed by atoms with Crippen molar-refractivity contribution in [3.05, 3.63) is 81.1 Å². The highest BCUT2D eigenvalue weighted by molar-refractivity contribution is 6.36. The van der Waals surface area contributed by atoms with Gasteiger partial charge in [0.25, 0.3) is 0 Å². The predicted molar refractivity (Wildman–Crippen MR) is 117 cm³/mol. The van der Waals surface area contributed by atoms with E-state index in [9.17, 15) is 10.1 Å². The quantitative estimate of drug-likeness (QED) is 0.428. The van der Waals surface area contributed by atoms with Gasteiger partial charge in [0, 0.05) is 29.9 Å². The van der Waals surface area contributed by atoms with Gasteiger partial charge in [-0.3, -0.25) is 9.78 Å². The van der Waals surface area contributed by atoms with E-state index in [0.717, 1.165) is 0 Å². The number of nitrogens with zero attached hydrogens (tertiary/aromatic N) is 2. The van der Waals surface area contributed by atoms with Crippen LogP contribution in [0.2, 0.25) is 10.0 Å². The van der Waals surface area contributed by atoms with Crippen LogP contribution in [0.5, 0.6) is 17.2 Å². The first-order valence-corrected chi connectivity index (χ1v) is 9.92. The van der Waals surface area contributed by atoms with Crippen LogP contribution in [0.1, 0.15) is 27.0 Å². The highest BCUT2D eigenvalue weighted by Crippen LogP contribution is 2.41. The molecule has 0 bridgehead atoms. The molecule has 0 spiro atoms. The number of carbonyl (C=O) groups is 1. The SMILES string of the molecule is COc1ccc(C(=O)Cc2c(Cl)cncc2Cl)c(OCc2ccccc2C#N)c1OC. The molecule has 0 saturated carbocycles. The molecule has 3 aromatic rings. The summed E-state index contributed by atoms with van der Waals surface area (Å²) in [6.07, 6.45) is 2.81. The largest absolute Gasteiger partial charge is 0.493 e. The van der Waals surface area contributed by atoms with Crippen molar-refractivity contribution in [3.63, 3.8) is 0 Å². The van der Waals surface area contributed by atoms with Crippen molar-refractivity contribution in [1.82, 2.24) is 4.98 Å². The molecule has 0 aliphatic heterocycles. The average molecular weight is 457 g/mol. The maximum atomic E-state index is 13.2. The van der Waals surface area contributed by atoms with Gasteiger partial charge in [0.2, 0.25) is 5.75 Å². The van der Waals surface area contributed by atoms with E-state index >= 15 is 0 Å². The summed E-state index contributed by atoms with van der Waals surface area (Å²) >= 11 is 12.4. The van der Waals surface area contributed by atoms with Crippen molar-refractivity contribution < 1.29 is 19.0 Å². The highest BCUT2D eigenvalue weighted by Gasteiger charge is 2.23. The number of hydrogen-bond donors (Lipinski definition) is 0. The lowest BCUT2D eigenvalue weighted by molar-refractivity contribution is 0.0987. The summed E-state index contributed by atoms with van der Waals surface area (Å²) < 4.78 is 16.8. The van der Waals surface area contributed by atoms with Crippen molar-refractivity contribution >= 4 is 29.0 Å². The van der Waals surface area contributed by atoms with Crippen LogP contribution in [0.3, 0.4) is 0 Å². The molecule has 6 nitrogen and oxygen atoms in total. The van der Waals surface area contributed by atoms with Gasteiger partial charge in [-0.05, 0) is 18.2 Å². The van der Waals surface area contributed by atoms with Crippen LogP contribution in [0.25, 0.3) is 0 Å². The van der Waals surface area contributed by atoms with E-state index in [2.05, 4.69) is 11.1 Å². The second-order valence-corrected chi connectivity index (χ2v) is 7.23. The van der Waals surface area contributed by atoms with Crippen molar-refractivity contribution in [3.8, 4) is 23.3 Å². The second kappa shape index (κ2) is 10.2. The lowest BCUT2D eigenvalue weighted by atomic mass is 10.0. The van der Waals surface area contributed by atoms with Crippen molar-refractivity contribution in [2.75, 3.05) is 14.2 Å². The fourth-order valence-corrected chi connectivity index (χ4v) is 3.53. The van der Waals surface area contributed by atoms with E-state index < -0.39 is 0 Å². The van der Waals surface area contributed by atoms with Crippen LogP contribution in [0, 0.1) is 11.3 Å². The standard InChI is InChI=1S/C23H18Cl2N2O4/c1-29-21-8-7-16(20(28)9-17-18(24)11-27-12-19(17)25)22(23(21)30-2)31-13-15-6-4-3-5-14(15)10-26/h3-8,11-12H,9,13H2,1-2H3. The van der Waals surface area contributed by atoms with Crippen LogP contribution in [-0.2, 0) is 13.0 Å². The number of benzene rings is 2. The lowest BCUT2D eigenvalue weighted by Gasteiger charge is -2.18. The maximum Gasteiger partial charge on any atom is 0.204 e. The first kappa shape index (κ1) is 22.4. The molecule has 1 heterocycles. The molecule has 158 valence electrons. The number of hydrogen-bond acceptors (Lipinski definition) is 6. The van der Waals surface area contributed by atoms with Gasteiger partial charge in [-0.1, -0.05) is 41.4 Å². The third-order valence-corrected chi connectivity index (χ3v) is 5.25. The molecular formula is C23H18Cl2N2O4. The molecule has 3 rings (SSSR count). The second-order valence-electron chi connectivity index (χ2n) is 6.42. The summed E-state index contributed by atoms with van der Waals surface area (Å²) in [5.74, 6) is 0.609. The molecule has 0 unspecified atom stereocenters. The van der Waals surface area contributed by atoms with Crippen molar-refractivity contribution in [1.29, 1.82) is 5.26 Å². The van der Waals surface area contributed by atoms with E-state index in [1.54, 1.807) is 30.3 Å². The minimum atomic E-state index is -0.278. The van der Waals surface area contributed by atoms with Crippen LogP contribution in [0.4, 0.5) is 0 Å². The van der Waals surface area contributed by atoms with E-state index in [1.165, 1.54) is 26.6 Å². The molecule has 0 aliphatic carbocycles. The Kier molecular flexibility index (Phi) is 7.35. The molecule has 1 aromatic heterocycles. The third-order valence-electron chi connectivity index (χ3n) is 4.60. The van der Waals surface area contributed by atoms with Crippen LogP contribution in [0.15, 0.2) is 48.8 Å². The molecule has 0 amide bonds. The number of nitriles is 1. The van der Waals surface area contributed by atoms with E-state index in [1.807, 2.05) is 6.07 Å². The highest BCUT2D eigenvalue weighted by atomic mass is 35.5. The fourth-order valence-electron chi connectivity index (χ4n) is 3.03. The summed E-state index contributed by atoms with van der Waals surface area (Å²) in [6, 6.07) is 12.4. The number of methoxy groups -OCH3 is 2. The number of Topliss-reactive ketones (excluding diaryl/α,β-unsaturated/α-hetero) is 1. The minimum absolute atomic E-state index is 0.0547. The Balaban J connectivity index is 2.00. The van der Waals surface area contributed by atoms with Gasteiger partial charge < -0.3 is 14.2 Å². The predicted octanol–water partition coefficient (Wildman–Crippen LogP) is 5.28. The van der Waals surface area contributed by atoms with Crippen molar-refractivity contribution in [2.24, 2.45) is 0 Å². The molecule has 0 fully saturated rings. The average Bonchev–Trinajstić information content (AvgIpc) is 2.79. The zero-order chi connectivity index (χ0) is 22.4. The normalized spacial score (nSPS) is 10.3. The van der Waals surface area contributed by atoms with Gasteiger partial charge in [-0.25, -0.2) is 0 Å². The maximum absolute atomic E-state index is 13.2. The topological polar surface area (TPSA) is 81.4 Å².